The van der Waals surface area contributed by atoms with Gasteiger partial charge in [-0.05, 0) is 36.2 Å². The Kier molecular flexibility index (Phi) is 4.99. The largest absolute Gasteiger partial charge is 0.417 e. The number of aromatic nitrogens is 3. The predicted molar refractivity (Wildman–Crippen MR) is 98.4 cm³/mol. The van der Waals surface area contributed by atoms with E-state index in [2.05, 4.69) is 10.1 Å². The van der Waals surface area contributed by atoms with Gasteiger partial charge in [0.15, 0.2) is 5.82 Å². The smallest absolute Gasteiger partial charge is 0.382 e. The maximum Gasteiger partial charge on any atom is 0.417 e. The molecule has 2 heterocycles. The molecule has 0 spiro atoms. The summed E-state index contributed by atoms with van der Waals surface area (Å²) in [7, 11) is 0. The van der Waals surface area contributed by atoms with Gasteiger partial charge in [-0.1, -0.05) is 12.1 Å². The summed E-state index contributed by atoms with van der Waals surface area (Å²) in [5.41, 5.74) is 11.5. The lowest BCUT2D eigenvalue weighted by Crippen LogP contribution is -2.13. The minimum Gasteiger partial charge on any atom is -0.382 e. The van der Waals surface area contributed by atoms with Crippen molar-refractivity contribution >= 4 is 11.7 Å². The number of pyridine rings is 1. The van der Waals surface area contributed by atoms with Crippen molar-refractivity contribution < 1.29 is 18.0 Å². The number of carbonyl (C=O) groups excluding carboxylic acids is 1. The second-order valence-corrected chi connectivity index (χ2v) is 6.29. The van der Waals surface area contributed by atoms with Crippen LogP contribution in [0.1, 0.15) is 32.9 Å². The Morgan fingerprint density at radius 3 is 2.55 bits per heavy atom. The van der Waals surface area contributed by atoms with E-state index in [9.17, 15) is 18.0 Å². The fraction of sp³-hybridized carbons (Fsp3) is 0.158. The van der Waals surface area contributed by atoms with Crippen molar-refractivity contribution in [1.82, 2.24) is 14.8 Å². The fourth-order valence-corrected chi connectivity index (χ4v) is 2.95. The number of nitrogens with two attached hydrogens (primary N) is 2. The van der Waals surface area contributed by atoms with Crippen molar-refractivity contribution in [1.29, 1.82) is 5.26 Å². The van der Waals surface area contributed by atoms with Gasteiger partial charge in [0, 0.05) is 17.5 Å². The van der Waals surface area contributed by atoms with E-state index in [1.807, 2.05) is 0 Å². The fourth-order valence-electron chi connectivity index (χ4n) is 2.95. The summed E-state index contributed by atoms with van der Waals surface area (Å²) >= 11 is 0. The number of hydrogen-bond donors (Lipinski definition) is 2. The number of nitrogen functional groups attached to an aromatic ring is 1. The van der Waals surface area contributed by atoms with Gasteiger partial charge in [-0.25, -0.2) is 0 Å². The third-order valence-corrected chi connectivity index (χ3v) is 4.38. The molecular weight excluding hydrogens is 385 g/mol. The molecule has 1 amide bonds. The van der Waals surface area contributed by atoms with Gasteiger partial charge in [0.2, 0.25) is 0 Å². The Balaban J connectivity index is 2.00. The second-order valence-electron chi connectivity index (χ2n) is 6.29. The highest BCUT2D eigenvalue weighted by Crippen LogP contribution is 2.37. The highest BCUT2D eigenvalue weighted by atomic mass is 19.4. The van der Waals surface area contributed by atoms with E-state index in [1.165, 1.54) is 23.0 Å². The van der Waals surface area contributed by atoms with E-state index in [0.29, 0.717) is 16.8 Å². The number of benzene rings is 1. The SMILES string of the molecule is Cc1c(-c2ccc(C#N)c(C(F)(F)F)c2)c(N)nn1Cc1ccc(C(N)=O)nc1. The highest BCUT2D eigenvalue weighted by Gasteiger charge is 2.34. The molecule has 3 rings (SSSR count). The molecule has 10 heteroatoms. The van der Waals surface area contributed by atoms with Crippen LogP contribution in [0.4, 0.5) is 19.0 Å². The number of nitrogens with zero attached hydrogens (tertiary/aromatic N) is 4. The Labute approximate surface area is 163 Å². The van der Waals surface area contributed by atoms with E-state index in [4.69, 9.17) is 16.7 Å². The first-order valence-corrected chi connectivity index (χ1v) is 8.31. The minimum absolute atomic E-state index is 0.0575. The van der Waals surface area contributed by atoms with Crippen LogP contribution < -0.4 is 11.5 Å². The minimum atomic E-state index is -4.67. The van der Waals surface area contributed by atoms with Crippen molar-refractivity contribution in [2.75, 3.05) is 5.73 Å². The molecule has 3 aromatic rings. The van der Waals surface area contributed by atoms with Gasteiger partial charge in [0.05, 0.1) is 23.7 Å². The maximum atomic E-state index is 13.3. The second kappa shape index (κ2) is 7.27. The van der Waals surface area contributed by atoms with Gasteiger partial charge in [-0.2, -0.15) is 23.5 Å². The lowest BCUT2D eigenvalue weighted by atomic mass is 9.99. The Morgan fingerprint density at radius 1 is 1.28 bits per heavy atom. The van der Waals surface area contributed by atoms with Crippen LogP contribution in [-0.2, 0) is 12.7 Å². The normalized spacial score (nSPS) is 11.3. The zero-order chi connectivity index (χ0) is 21.3. The van der Waals surface area contributed by atoms with E-state index in [-0.39, 0.29) is 23.6 Å². The van der Waals surface area contributed by atoms with Crippen molar-refractivity contribution in [2.24, 2.45) is 5.73 Å². The zero-order valence-electron chi connectivity index (χ0n) is 15.2. The van der Waals surface area contributed by atoms with Crippen LogP contribution in [0.15, 0.2) is 36.5 Å². The molecule has 0 fully saturated rings. The molecule has 29 heavy (non-hydrogen) atoms. The number of anilines is 1. The number of nitriles is 1. The summed E-state index contributed by atoms with van der Waals surface area (Å²) < 4.78 is 41.3. The van der Waals surface area contributed by atoms with Crippen molar-refractivity contribution in [2.45, 2.75) is 19.6 Å². The number of halogens is 3. The molecule has 0 aliphatic carbocycles. The number of carbonyl (C=O) groups is 1. The quantitative estimate of drug-likeness (QED) is 0.697. The molecule has 148 valence electrons. The number of amides is 1. The molecule has 0 radical (unpaired) electrons. The molecule has 0 saturated carbocycles. The molecule has 0 atom stereocenters. The highest BCUT2D eigenvalue weighted by molar-refractivity contribution is 5.90. The molecule has 0 bridgehead atoms. The Bertz CT molecular complexity index is 1130. The number of primary amides is 1. The molecule has 0 unspecified atom stereocenters. The first kappa shape index (κ1) is 19.9. The van der Waals surface area contributed by atoms with Crippen LogP contribution >= 0.6 is 0 Å². The average Bonchev–Trinajstić information content (AvgIpc) is 2.94. The molecule has 0 aliphatic heterocycles. The summed E-state index contributed by atoms with van der Waals surface area (Å²) in [6.45, 7) is 1.92. The molecule has 1 aromatic carbocycles. The van der Waals surface area contributed by atoms with Crippen LogP contribution in [0.25, 0.3) is 11.1 Å². The summed E-state index contributed by atoms with van der Waals surface area (Å²) in [6, 6.07) is 8.08. The van der Waals surface area contributed by atoms with Crippen molar-refractivity contribution in [3.05, 3.63) is 64.6 Å². The first-order valence-electron chi connectivity index (χ1n) is 8.31. The summed E-state index contributed by atoms with van der Waals surface area (Å²) in [5.74, 6) is -0.596. The molecule has 7 nitrogen and oxygen atoms in total. The average molecular weight is 400 g/mol. The molecule has 0 saturated heterocycles. The monoisotopic (exact) mass is 400 g/mol. The summed E-state index contributed by atoms with van der Waals surface area (Å²) in [4.78, 5) is 15.0. The van der Waals surface area contributed by atoms with Gasteiger partial charge >= 0.3 is 6.18 Å². The van der Waals surface area contributed by atoms with Crippen LogP contribution in [-0.4, -0.2) is 20.7 Å². The number of rotatable bonds is 4. The lowest BCUT2D eigenvalue weighted by molar-refractivity contribution is -0.137. The van der Waals surface area contributed by atoms with E-state index >= 15 is 0 Å². The standard InChI is InChI=1S/C19H15F3N6O/c1-10-16(12-3-4-13(7-23)14(6-12)19(20,21)22)17(24)27-28(10)9-11-2-5-15(18(25)29)26-8-11/h2-6,8H,9H2,1H3,(H2,24,27)(H2,25,29). The molecular formula is C19H15F3N6O. The Morgan fingerprint density at radius 2 is 2.00 bits per heavy atom. The van der Waals surface area contributed by atoms with Crippen LogP contribution in [0.3, 0.4) is 0 Å². The van der Waals surface area contributed by atoms with E-state index in [1.54, 1.807) is 19.1 Å². The predicted octanol–water partition coefficient (Wildman–Crippen LogP) is 2.87. The number of hydrogen-bond acceptors (Lipinski definition) is 5. The van der Waals surface area contributed by atoms with Crippen molar-refractivity contribution in [3.63, 3.8) is 0 Å². The van der Waals surface area contributed by atoms with Gasteiger partial charge in [-0.15, -0.1) is 0 Å². The van der Waals surface area contributed by atoms with Gasteiger partial charge in [0.1, 0.15) is 5.69 Å². The first-order chi connectivity index (χ1) is 13.6. The van der Waals surface area contributed by atoms with Crippen LogP contribution in [0.2, 0.25) is 0 Å². The molecule has 0 aliphatic rings. The van der Waals surface area contributed by atoms with E-state index < -0.39 is 23.2 Å². The third-order valence-electron chi connectivity index (χ3n) is 4.38. The summed E-state index contributed by atoms with van der Waals surface area (Å²) in [5, 5.41) is 13.2. The topological polar surface area (TPSA) is 124 Å². The lowest BCUT2D eigenvalue weighted by Gasteiger charge is -2.11. The third kappa shape index (κ3) is 3.89. The van der Waals surface area contributed by atoms with Crippen LogP contribution in [0, 0.1) is 18.3 Å². The molecule has 2 aromatic heterocycles. The van der Waals surface area contributed by atoms with Crippen LogP contribution in [0.5, 0.6) is 0 Å². The zero-order valence-corrected chi connectivity index (χ0v) is 15.2. The van der Waals surface area contributed by atoms with E-state index in [0.717, 1.165) is 12.1 Å². The molecule has 4 N–H and O–H groups in total. The van der Waals surface area contributed by atoms with Gasteiger partial charge in [0.25, 0.3) is 5.91 Å². The van der Waals surface area contributed by atoms with Gasteiger partial charge < -0.3 is 11.5 Å². The number of alkyl halides is 3. The Hall–Kier alpha value is -3.87. The maximum absolute atomic E-state index is 13.3. The van der Waals surface area contributed by atoms with Gasteiger partial charge in [-0.3, -0.25) is 14.5 Å². The summed E-state index contributed by atoms with van der Waals surface area (Å²) in [6.07, 6.45) is -3.21. The van der Waals surface area contributed by atoms with Crippen molar-refractivity contribution in [3.8, 4) is 17.2 Å².